The van der Waals surface area contributed by atoms with Crippen molar-refractivity contribution in [1.29, 1.82) is 0 Å². The van der Waals surface area contributed by atoms with Gasteiger partial charge in [0.15, 0.2) is 0 Å². The van der Waals surface area contributed by atoms with E-state index in [4.69, 9.17) is 0 Å². The van der Waals surface area contributed by atoms with Crippen LogP contribution in [-0.4, -0.2) is 23.9 Å². The Morgan fingerprint density at radius 3 is 2.70 bits per heavy atom. The minimum Gasteiger partial charge on any atom is -0.299 e. The first-order valence-corrected chi connectivity index (χ1v) is 2.51. The lowest BCUT2D eigenvalue weighted by Gasteiger charge is -2.14. The number of hydrogen-bond donors (Lipinski definition) is 0. The summed E-state index contributed by atoms with van der Waals surface area (Å²) in [6, 6.07) is -0.744. The zero-order valence-electron chi connectivity index (χ0n) is 5.17. The van der Waals surface area contributed by atoms with E-state index in [0.717, 1.165) is 11.1 Å². The summed E-state index contributed by atoms with van der Waals surface area (Å²) in [6.07, 6.45) is 0.803. The molecule has 10 heavy (non-hydrogen) atoms. The van der Waals surface area contributed by atoms with Crippen molar-refractivity contribution in [1.82, 2.24) is 10.2 Å². The molecule has 4 nitrogen and oxygen atoms in total. The maximum absolute atomic E-state index is 12.2. The standard InChI is InChI=1S/C5H4FN2O2/c1-8-2-3(6)4(9)7-5(8)10/h2H,1H3. The van der Waals surface area contributed by atoms with E-state index in [-0.39, 0.29) is 0 Å². The first kappa shape index (κ1) is 6.73. The van der Waals surface area contributed by atoms with Crippen LogP contribution < -0.4 is 5.32 Å². The maximum Gasteiger partial charge on any atom is 0.350 e. The van der Waals surface area contributed by atoms with Gasteiger partial charge in [-0.2, -0.15) is 9.71 Å². The molecule has 0 spiro atoms. The molecule has 1 heterocycles. The van der Waals surface area contributed by atoms with Gasteiger partial charge in [0.2, 0.25) is 5.83 Å². The van der Waals surface area contributed by atoms with Gasteiger partial charge in [-0.3, -0.25) is 9.69 Å². The fourth-order valence-electron chi connectivity index (χ4n) is 0.500. The average Bonchev–Trinajstić information content (AvgIpc) is 1.84. The van der Waals surface area contributed by atoms with E-state index in [1.54, 1.807) is 0 Å². The molecule has 1 aliphatic rings. The highest BCUT2D eigenvalue weighted by atomic mass is 19.1. The van der Waals surface area contributed by atoms with Crippen molar-refractivity contribution in [3.05, 3.63) is 12.0 Å². The molecular weight excluding hydrogens is 139 g/mol. The molecular formula is C5H4FN2O2. The fraction of sp³-hybridized carbons (Fsp3) is 0.200. The number of rotatable bonds is 0. The lowest BCUT2D eigenvalue weighted by Crippen LogP contribution is -2.37. The van der Waals surface area contributed by atoms with E-state index in [1.165, 1.54) is 7.05 Å². The van der Waals surface area contributed by atoms with Crippen LogP contribution in [0.15, 0.2) is 12.0 Å². The van der Waals surface area contributed by atoms with Crippen molar-refractivity contribution in [3.63, 3.8) is 0 Å². The van der Waals surface area contributed by atoms with Gasteiger partial charge in [0, 0.05) is 13.2 Å². The smallest absolute Gasteiger partial charge is 0.299 e. The zero-order chi connectivity index (χ0) is 7.72. The van der Waals surface area contributed by atoms with Crippen molar-refractivity contribution >= 4 is 11.9 Å². The zero-order valence-corrected chi connectivity index (χ0v) is 5.17. The number of halogens is 1. The van der Waals surface area contributed by atoms with Crippen molar-refractivity contribution < 1.29 is 14.0 Å². The molecule has 0 saturated carbocycles. The lowest BCUT2D eigenvalue weighted by atomic mass is 10.4. The molecule has 0 saturated heterocycles. The van der Waals surface area contributed by atoms with Gasteiger partial charge < -0.3 is 0 Å². The topological polar surface area (TPSA) is 51.5 Å². The summed E-state index contributed by atoms with van der Waals surface area (Å²) in [5.41, 5.74) is 0. The number of imide groups is 1. The first-order chi connectivity index (χ1) is 4.61. The first-order valence-electron chi connectivity index (χ1n) is 2.51. The molecule has 5 heteroatoms. The van der Waals surface area contributed by atoms with Crippen LogP contribution in [0.25, 0.3) is 0 Å². The Bertz CT molecular complexity index is 224. The molecule has 0 aromatic heterocycles. The molecule has 3 amide bonds. The number of nitrogens with zero attached hydrogens (tertiary/aromatic N) is 2. The number of hydrogen-bond acceptors (Lipinski definition) is 2. The van der Waals surface area contributed by atoms with E-state index in [1.807, 2.05) is 0 Å². The van der Waals surface area contributed by atoms with Crippen molar-refractivity contribution in [3.8, 4) is 0 Å². The van der Waals surface area contributed by atoms with Crippen molar-refractivity contribution in [2.24, 2.45) is 0 Å². The van der Waals surface area contributed by atoms with Crippen LogP contribution in [0.4, 0.5) is 9.18 Å². The second kappa shape index (κ2) is 2.09. The molecule has 0 aromatic carbocycles. The third-order valence-corrected chi connectivity index (χ3v) is 1.01. The van der Waals surface area contributed by atoms with Crippen LogP contribution >= 0.6 is 0 Å². The van der Waals surface area contributed by atoms with Gasteiger partial charge in [0.1, 0.15) is 0 Å². The van der Waals surface area contributed by atoms with Crippen LogP contribution in [0.1, 0.15) is 0 Å². The highest BCUT2D eigenvalue weighted by Crippen LogP contribution is 2.05. The molecule has 0 bridgehead atoms. The Morgan fingerprint density at radius 2 is 2.20 bits per heavy atom. The van der Waals surface area contributed by atoms with E-state index in [9.17, 15) is 14.0 Å². The molecule has 1 rings (SSSR count). The summed E-state index contributed by atoms with van der Waals surface area (Å²) in [4.78, 5) is 21.7. The van der Waals surface area contributed by atoms with E-state index in [2.05, 4.69) is 5.32 Å². The Kier molecular flexibility index (Phi) is 1.41. The summed E-state index contributed by atoms with van der Waals surface area (Å²) < 4.78 is 12.2. The van der Waals surface area contributed by atoms with Crippen LogP contribution in [0.3, 0.4) is 0 Å². The Morgan fingerprint density at radius 1 is 1.60 bits per heavy atom. The third kappa shape index (κ3) is 0.975. The maximum atomic E-state index is 12.2. The third-order valence-electron chi connectivity index (χ3n) is 1.01. The van der Waals surface area contributed by atoms with Gasteiger partial charge in [0.25, 0.3) is 0 Å². The molecule has 0 fully saturated rings. The summed E-state index contributed by atoms with van der Waals surface area (Å²) in [5.74, 6) is -2.12. The van der Waals surface area contributed by atoms with Gasteiger partial charge in [0.05, 0.1) is 0 Å². The largest absolute Gasteiger partial charge is 0.350 e. The van der Waals surface area contributed by atoms with E-state index < -0.39 is 17.8 Å². The number of carbonyl (C=O) groups is 2. The van der Waals surface area contributed by atoms with Gasteiger partial charge in [-0.15, -0.1) is 0 Å². The number of urea groups is 1. The van der Waals surface area contributed by atoms with E-state index in [0.29, 0.717) is 0 Å². The second-order valence-electron chi connectivity index (χ2n) is 1.79. The SMILES string of the molecule is CN1C=C(F)C(=O)[N]C1=O. The van der Waals surface area contributed by atoms with Crippen molar-refractivity contribution in [2.75, 3.05) is 7.05 Å². The van der Waals surface area contributed by atoms with Crippen LogP contribution in [-0.2, 0) is 4.79 Å². The van der Waals surface area contributed by atoms with E-state index >= 15 is 0 Å². The van der Waals surface area contributed by atoms with Crippen LogP contribution in [0.5, 0.6) is 0 Å². The lowest BCUT2D eigenvalue weighted by molar-refractivity contribution is -0.118. The minimum absolute atomic E-state index is 0.744. The molecule has 0 aliphatic carbocycles. The molecule has 0 atom stereocenters. The summed E-state index contributed by atoms with van der Waals surface area (Å²) >= 11 is 0. The molecule has 0 unspecified atom stereocenters. The molecule has 0 N–H and O–H groups in total. The number of carbonyl (C=O) groups excluding carboxylic acids is 2. The average molecular weight is 143 g/mol. The Labute approximate surface area is 56.3 Å². The van der Waals surface area contributed by atoms with Crippen LogP contribution in [0.2, 0.25) is 0 Å². The quantitative estimate of drug-likeness (QED) is 0.479. The molecule has 1 aliphatic heterocycles. The molecule has 1 radical (unpaired) electrons. The highest BCUT2D eigenvalue weighted by molar-refractivity contribution is 6.04. The summed E-state index contributed by atoms with van der Waals surface area (Å²) in [5, 5.41) is 2.85. The van der Waals surface area contributed by atoms with Crippen LogP contribution in [0, 0.1) is 0 Å². The monoisotopic (exact) mass is 143 g/mol. The molecule has 53 valence electrons. The minimum atomic E-state index is -1.11. The number of amides is 3. The molecule has 0 aromatic rings. The predicted octanol–water partition coefficient (Wildman–Crippen LogP) is -0.00630. The second-order valence-corrected chi connectivity index (χ2v) is 1.79. The fourth-order valence-corrected chi connectivity index (χ4v) is 0.500. The highest BCUT2D eigenvalue weighted by Gasteiger charge is 2.23. The Balaban J connectivity index is 2.89. The summed E-state index contributed by atoms with van der Waals surface area (Å²) in [6.45, 7) is 0. The van der Waals surface area contributed by atoms with Gasteiger partial charge >= 0.3 is 11.9 Å². The van der Waals surface area contributed by atoms with Crippen molar-refractivity contribution in [2.45, 2.75) is 0 Å². The van der Waals surface area contributed by atoms with Gasteiger partial charge in [-0.05, 0) is 0 Å². The van der Waals surface area contributed by atoms with Gasteiger partial charge in [-0.25, -0.2) is 4.79 Å². The Hall–Kier alpha value is -1.39. The van der Waals surface area contributed by atoms with Gasteiger partial charge in [-0.1, -0.05) is 0 Å². The predicted molar refractivity (Wildman–Crippen MR) is 29.5 cm³/mol. The summed E-state index contributed by atoms with van der Waals surface area (Å²) in [7, 11) is 1.32. The normalized spacial score (nSPS) is 18.6.